The van der Waals surface area contributed by atoms with Crippen LogP contribution in [-0.2, 0) is 13.1 Å². The number of nitrogens with zero attached hydrogens (tertiary/aromatic N) is 2. The molecule has 0 radical (unpaired) electrons. The van der Waals surface area contributed by atoms with Crippen LogP contribution in [0.25, 0.3) is 0 Å². The van der Waals surface area contributed by atoms with Gasteiger partial charge in [-0.1, -0.05) is 6.92 Å². The van der Waals surface area contributed by atoms with Crippen LogP contribution >= 0.6 is 0 Å². The molecule has 2 aromatic rings. The van der Waals surface area contributed by atoms with Gasteiger partial charge in [0.15, 0.2) is 11.6 Å². The van der Waals surface area contributed by atoms with Crippen molar-refractivity contribution >= 4 is 5.82 Å². The molecular formula is C16H22FN3O. The smallest absolute Gasteiger partial charge is 0.170 e. The summed E-state index contributed by atoms with van der Waals surface area (Å²) in [5.74, 6) is 1.72. The van der Waals surface area contributed by atoms with Gasteiger partial charge in [-0.3, -0.25) is 0 Å². The zero-order valence-corrected chi connectivity index (χ0v) is 12.8. The van der Waals surface area contributed by atoms with Crippen molar-refractivity contribution in [2.24, 2.45) is 0 Å². The van der Waals surface area contributed by atoms with E-state index in [9.17, 15) is 4.39 Å². The highest BCUT2D eigenvalue weighted by Gasteiger charge is 2.14. The van der Waals surface area contributed by atoms with Gasteiger partial charge in [0.1, 0.15) is 11.5 Å². The van der Waals surface area contributed by atoms with Gasteiger partial charge in [-0.15, -0.1) is 0 Å². The van der Waals surface area contributed by atoms with E-state index < -0.39 is 0 Å². The summed E-state index contributed by atoms with van der Waals surface area (Å²) in [6.45, 7) is 5.86. The molecule has 1 N–H and O–H groups in total. The first-order chi connectivity index (χ1) is 10.1. The van der Waals surface area contributed by atoms with Crippen molar-refractivity contribution in [2.75, 3.05) is 18.5 Å². The Morgan fingerprint density at radius 3 is 2.81 bits per heavy atom. The first-order valence-corrected chi connectivity index (χ1v) is 7.22. The van der Waals surface area contributed by atoms with Gasteiger partial charge in [0.05, 0.1) is 6.54 Å². The molecular weight excluding hydrogens is 269 g/mol. The summed E-state index contributed by atoms with van der Waals surface area (Å²) >= 11 is 0. The molecule has 0 aliphatic carbocycles. The maximum atomic E-state index is 14.5. The van der Waals surface area contributed by atoms with Crippen LogP contribution in [0.2, 0.25) is 0 Å². The molecule has 0 saturated heterocycles. The molecule has 5 heteroatoms. The SMILES string of the molecule is CCCNCc1ccnc(N(C)Cc2ccc(C)o2)c1F. The molecule has 0 aromatic carbocycles. The molecule has 0 fully saturated rings. The summed E-state index contributed by atoms with van der Waals surface area (Å²) in [7, 11) is 1.81. The highest BCUT2D eigenvalue weighted by atomic mass is 19.1. The summed E-state index contributed by atoms with van der Waals surface area (Å²) < 4.78 is 20.0. The number of rotatable bonds is 7. The highest BCUT2D eigenvalue weighted by molar-refractivity contribution is 5.42. The monoisotopic (exact) mass is 291 g/mol. The number of aryl methyl sites for hydroxylation is 1. The number of hydrogen-bond donors (Lipinski definition) is 1. The van der Waals surface area contributed by atoms with E-state index in [1.165, 1.54) is 0 Å². The lowest BCUT2D eigenvalue weighted by atomic mass is 10.2. The van der Waals surface area contributed by atoms with Gasteiger partial charge < -0.3 is 14.6 Å². The molecule has 114 valence electrons. The van der Waals surface area contributed by atoms with Crippen molar-refractivity contribution in [3.8, 4) is 0 Å². The first-order valence-electron chi connectivity index (χ1n) is 7.22. The van der Waals surface area contributed by atoms with E-state index in [1.807, 2.05) is 26.1 Å². The Morgan fingerprint density at radius 2 is 2.14 bits per heavy atom. The van der Waals surface area contributed by atoms with Crippen LogP contribution in [0.15, 0.2) is 28.8 Å². The first kappa shape index (κ1) is 15.5. The maximum Gasteiger partial charge on any atom is 0.170 e. The Morgan fingerprint density at radius 1 is 1.33 bits per heavy atom. The zero-order chi connectivity index (χ0) is 15.2. The number of nitrogens with one attached hydrogen (secondary N) is 1. The second-order valence-electron chi connectivity index (χ2n) is 5.15. The number of pyridine rings is 1. The number of aromatic nitrogens is 1. The number of furan rings is 1. The van der Waals surface area contributed by atoms with Crippen LogP contribution in [0, 0.1) is 12.7 Å². The lowest BCUT2D eigenvalue weighted by Crippen LogP contribution is -2.21. The van der Waals surface area contributed by atoms with Crippen LogP contribution < -0.4 is 10.2 Å². The molecule has 0 amide bonds. The van der Waals surface area contributed by atoms with Crippen LogP contribution in [0.4, 0.5) is 10.2 Å². The summed E-state index contributed by atoms with van der Waals surface area (Å²) in [4.78, 5) is 5.91. The molecule has 0 bridgehead atoms. The molecule has 2 rings (SSSR count). The second-order valence-corrected chi connectivity index (χ2v) is 5.15. The summed E-state index contributed by atoms with van der Waals surface area (Å²) in [6.07, 6.45) is 2.67. The lowest BCUT2D eigenvalue weighted by Gasteiger charge is -2.18. The minimum absolute atomic E-state index is 0.271. The van der Waals surface area contributed by atoms with E-state index in [2.05, 4.69) is 17.2 Å². The van der Waals surface area contributed by atoms with Gasteiger partial charge >= 0.3 is 0 Å². The van der Waals surface area contributed by atoms with Crippen molar-refractivity contribution < 1.29 is 8.81 Å². The average Bonchev–Trinajstić information content (AvgIpc) is 2.86. The molecule has 0 spiro atoms. The quantitative estimate of drug-likeness (QED) is 0.795. The van der Waals surface area contributed by atoms with E-state index in [0.29, 0.717) is 24.5 Å². The van der Waals surface area contributed by atoms with Crippen molar-refractivity contribution in [2.45, 2.75) is 33.4 Å². The van der Waals surface area contributed by atoms with E-state index in [0.717, 1.165) is 24.5 Å². The van der Waals surface area contributed by atoms with E-state index in [4.69, 9.17) is 4.42 Å². The van der Waals surface area contributed by atoms with Crippen LogP contribution in [0.3, 0.4) is 0 Å². The fraction of sp³-hybridized carbons (Fsp3) is 0.438. The van der Waals surface area contributed by atoms with Crippen LogP contribution in [0.5, 0.6) is 0 Å². The molecule has 0 aliphatic heterocycles. The molecule has 0 saturated carbocycles. The standard InChI is InChI=1S/C16H22FN3O/c1-4-8-18-10-13-7-9-19-16(15(13)17)20(3)11-14-6-5-12(2)21-14/h5-7,9,18H,4,8,10-11H2,1-3H3. The number of anilines is 1. The number of halogens is 1. The third-order valence-electron chi connectivity index (χ3n) is 3.24. The Hall–Kier alpha value is -1.88. The second kappa shape index (κ2) is 7.22. The Labute approximate surface area is 125 Å². The van der Waals surface area contributed by atoms with Gasteiger partial charge in [-0.25, -0.2) is 9.37 Å². The molecule has 2 aromatic heterocycles. The topological polar surface area (TPSA) is 41.3 Å². The van der Waals surface area contributed by atoms with Crippen molar-refractivity contribution in [1.29, 1.82) is 0 Å². The Bertz CT molecular complexity index is 583. The third-order valence-corrected chi connectivity index (χ3v) is 3.24. The molecule has 0 atom stereocenters. The molecule has 0 unspecified atom stereocenters. The molecule has 2 heterocycles. The summed E-state index contributed by atoms with van der Waals surface area (Å²) in [5, 5.41) is 3.21. The summed E-state index contributed by atoms with van der Waals surface area (Å²) in [5.41, 5.74) is 0.635. The van der Waals surface area contributed by atoms with E-state index in [-0.39, 0.29) is 5.82 Å². The molecule has 21 heavy (non-hydrogen) atoms. The average molecular weight is 291 g/mol. The van der Waals surface area contributed by atoms with E-state index >= 15 is 0 Å². The largest absolute Gasteiger partial charge is 0.464 e. The van der Waals surface area contributed by atoms with Crippen LogP contribution in [-0.4, -0.2) is 18.6 Å². The fourth-order valence-electron chi connectivity index (χ4n) is 2.15. The predicted molar refractivity (Wildman–Crippen MR) is 81.7 cm³/mol. The lowest BCUT2D eigenvalue weighted by molar-refractivity contribution is 0.479. The van der Waals surface area contributed by atoms with Gasteiger partial charge in [0.25, 0.3) is 0 Å². The van der Waals surface area contributed by atoms with Gasteiger partial charge in [0.2, 0.25) is 0 Å². The summed E-state index contributed by atoms with van der Waals surface area (Å²) in [6, 6.07) is 5.51. The normalized spacial score (nSPS) is 10.9. The van der Waals surface area contributed by atoms with Crippen molar-refractivity contribution in [1.82, 2.24) is 10.3 Å². The highest BCUT2D eigenvalue weighted by Crippen LogP contribution is 2.20. The third kappa shape index (κ3) is 4.04. The number of hydrogen-bond acceptors (Lipinski definition) is 4. The minimum Gasteiger partial charge on any atom is -0.464 e. The zero-order valence-electron chi connectivity index (χ0n) is 12.8. The van der Waals surface area contributed by atoms with E-state index in [1.54, 1.807) is 17.2 Å². The van der Waals surface area contributed by atoms with Gasteiger partial charge in [-0.05, 0) is 38.1 Å². The Balaban J connectivity index is 2.09. The predicted octanol–water partition coefficient (Wildman–Crippen LogP) is 3.26. The Kier molecular flexibility index (Phi) is 5.33. The minimum atomic E-state index is -0.271. The van der Waals surface area contributed by atoms with Crippen molar-refractivity contribution in [3.63, 3.8) is 0 Å². The van der Waals surface area contributed by atoms with Crippen LogP contribution in [0.1, 0.15) is 30.4 Å². The molecule has 4 nitrogen and oxygen atoms in total. The van der Waals surface area contributed by atoms with Gasteiger partial charge in [0, 0.05) is 25.4 Å². The molecule has 0 aliphatic rings. The fourth-order valence-corrected chi connectivity index (χ4v) is 2.15. The van der Waals surface area contributed by atoms with Gasteiger partial charge in [-0.2, -0.15) is 0 Å². The van der Waals surface area contributed by atoms with Crippen molar-refractivity contribution in [3.05, 3.63) is 47.3 Å². The maximum absolute atomic E-state index is 14.5.